The van der Waals surface area contributed by atoms with Crippen LogP contribution in [-0.4, -0.2) is 23.8 Å². The Morgan fingerprint density at radius 3 is 2.56 bits per heavy atom. The lowest BCUT2D eigenvalue weighted by Gasteiger charge is -2.05. The maximum atomic E-state index is 13.0. The molecule has 0 spiro atoms. The molecule has 0 aliphatic carbocycles. The van der Waals surface area contributed by atoms with Crippen molar-refractivity contribution in [3.8, 4) is 11.4 Å². The van der Waals surface area contributed by atoms with Crippen molar-refractivity contribution in [1.29, 1.82) is 0 Å². The first-order valence-electron chi connectivity index (χ1n) is 5.17. The summed E-state index contributed by atoms with van der Waals surface area (Å²) in [4.78, 5) is 3.99. The third-order valence-corrected chi connectivity index (χ3v) is 2.34. The zero-order valence-corrected chi connectivity index (χ0v) is 9.56. The molecule has 0 saturated heterocycles. The Kier molecular flexibility index (Phi) is 3.63. The highest BCUT2D eigenvalue weighted by atomic mass is 19.1. The van der Waals surface area contributed by atoms with Gasteiger partial charge < -0.3 is 15.0 Å². The van der Waals surface area contributed by atoms with Gasteiger partial charge >= 0.3 is 0 Å². The highest BCUT2D eigenvalue weighted by Crippen LogP contribution is 2.21. The zero-order chi connectivity index (χ0) is 13.1. The van der Waals surface area contributed by atoms with Crippen LogP contribution < -0.4 is 5.73 Å². The number of rotatable bonds is 4. The Labute approximate surface area is 102 Å². The van der Waals surface area contributed by atoms with Crippen LogP contribution in [-0.2, 0) is 4.74 Å². The van der Waals surface area contributed by atoms with Crippen molar-refractivity contribution in [3.63, 3.8) is 0 Å². The van der Waals surface area contributed by atoms with E-state index in [0.717, 1.165) is 18.2 Å². The van der Waals surface area contributed by atoms with Gasteiger partial charge in [0.05, 0.1) is 0 Å². The summed E-state index contributed by atoms with van der Waals surface area (Å²) in [5.74, 6) is -1.17. The number of nitrogens with zero attached hydrogens (tertiary/aromatic N) is 2. The predicted octanol–water partition coefficient (Wildman–Crippen LogP) is 1.66. The average molecular weight is 255 g/mol. The number of hydrogen-bond acceptors (Lipinski definition) is 5. The Hall–Kier alpha value is -1.86. The van der Waals surface area contributed by atoms with Crippen molar-refractivity contribution >= 4 is 0 Å². The Morgan fingerprint density at radius 2 is 2.00 bits per heavy atom. The number of ether oxygens (including phenoxy) is 1. The van der Waals surface area contributed by atoms with Crippen LogP contribution in [0, 0.1) is 11.6 Å². The molecule has 96 valence electrons. The Morgan fingerprint density at radius 1 is 1.33 bits per heavy atom. The second-order valence-electron chi connectivity index (χ2n) is 3.57. The number of hydrogen-bond donors (Lipinski definition) is 1. The molecule has 0 aliphatic rings. The highest BCUT2D eigenvalue weighted by Gasteiger charge is 2.18. The maximum Gasteiger partial charge on any atom is 0.257 e. The van der Waals surface area contributed by atoms with E-state index >= 15 is 0 Å². The van der Waals surface area contributed by atoms with Crippen molar-refractivity contribution in [1.82, 2.24) is 10.1 Å². The second kappa shape index (κ2) is 5.19. The number of benzene rings is 1. The van der Waals surface area contributed by atoms with Gasteiger partial charge in [-0.1, -0.05) is 5.16 Å². The maximum absolute atomic E-state index is 13.0. The van der Waals surface area contributed by atoms with Gasteiger partial charge in [-0.3, -0.25) is 0 Å². The molecule has 2 aromatic rings. The number of methoxy groups -OCH3 is 1. The molecular formula is C11H11F2N3O2. The predicted molar refractivity (Wildman–Crippen MR) is 58.5 cm³/mol. The number of halogens is 2. The molecule has 0 radical (unpaired) electrons. The second-order valence-corrected chi connectivity index (χ2v) is 3.57. The van der Waals surface area contributed by atoms with Crippen molar-refractivity contribution < 1.29 is 18.0 Å². The van der Waals surface area contributed by atoms with E-state index in [1.165, 1.54) is 7.11 Å². The van der Waals surface area contributed by atoms with Gasteiger partial charge in [-0.2, -0.15) is 4.98 Å². The van der Waals surface area contributed by atoms with Gasteiger partial charge in [-0.15, -0.1) is 0 Å². The average Bonchev–Trinajstić information content (AvgIpc) is 2.79. The molecule has 1 aromatic heterocycles. The summed E-state index contributed by atoms with van der Waals surface area (Å²) in [6.07, 6.45) is -0.537. The molecule has 1 atom stereocenters. The molecule has 18 heavy (non-hydrogen) atoms. The molecule has 1 unspecified atom stereocenters. The minimum absolute atomic E-state index is 0.0823. The smallest absolute Gasteiger partial charge is 0.257 e. The molecule has 2 rings (SSSR count). The SMILES string of the molecule is COC(CN)c1nc(-c2cc(F)cc(F)c2)no1. The normalized spacial score (nSPS) is 12.7. The lowest BCUT2D eigenvalue weighted by molar-refractivity contribution is 0.0804. The van der Waals surface area contributed by atoms with Crippen molar-refractivity contribution in [2.75, 3.05) is 13.7 Å². The van der Waals surface area contributed by atoms with Crippen molar-refractivity contribution in [3.05, 3.63) is 35.7 Å². The lowest BCUT2D eigenvalue weighted by atomic mass is 10.2. The Balaban J connectivity index is 2.34. The minimum Gasteiger partial charge on any atom is -0.370 e. The van der Waals surface area contributed by atoms with Gasteiger partial charge in [-0.25, -0.2) is 8.78 Å². The van der Waals surface area contributed by atoms with Crippen LogP contribution >= 0.6 is 0 Å². The Bertz CT molecular complexity index is 521. The molecule has 7 heteroatoms. The van der Waals surface area contributed by atoms with Crippen LogP contribution in [0.25, 0.3) is 11.4 Å². The number of aromatic nitrogens is 2. The first kappa shape index (κ1) is 12.6. The fraction of sp³-hybridized carbons (Fsp3) is 0.273. The summed E-state index contributed by atoms with van der Waals surface area (Å²) in [6, 6.07) is 2.99. The first-order valence-corrected chi connectivity index (χ1v) is 5.17. The fourth-order valence-corrected chi connectivity index (χ4v) is 1.46. The van der Waals surface area contributed by atoms with E-state index in [9.17, 15) is 8.78 Å². The molecule has 0 saturated carbocycles. The quantitative estimate of drug-likeness (QED) is 0.899. The minimum atomic E-state index is -0.710. The van der Waals surface area contributed by atoms with E-state index < -0.39 is 17.7 Å². The van der Waals surface area contributed by atoms with Crippen LogP contribution in [0.3, 0.4) is 0 Å². The highest BCUT2D eigenvalue weighted by molar-refractivity contribution is 5.54. The monoisotopic (exact) mass is 255 g/mol. The molecule has 2 N–H and O–H groups in total. The third kappa shape index (κ3) is 2.52. The van der Waals surface area contributed by atoms with Crippen LogP contribution in [0.2, 0.25) is 0 Å². The summed E-state index contributed by atoms with van der Waals surface area (Å²) >= 11 is 0. The van der Waals surface area contributed by atoms with Gasteiger partial charge in [0.15, 0.2) is 0 Å². The van der Waals surface area contributed by atoms with Gasteiger partial charge in [0.25, 0.3) is 5.89 Å². The molecule has 0 amide bonds. The van der Waals surface area contributed by atoms with Crippen LogP contribution in [0.1, 0.15) is 12.0 Å². The van der Waals surface area contributed by atoms with Gasteiger partial charge in [0.2, 0.25) is 5.82 Å². The van der Waals surface area contributed by atoms with Crippen LogP contribution in [0.5, 0.6) is 0 Å². The van der Waals surface area contributed by atoms with Gasteiger partial charge in [0, 0.05) is 25.3 Å². The lowest BCUT2D eigenvalue weighted by Crippen LogP contribution is -2.14. The van der Waals surface area contributed by atoms with Gasteiger partial charge in [0.1, 0.15) is 17.7 Å². The molecule has 1 heterocycles. The standard InChI is InChI=1S/C11H11F2N3O2/c1-17-9(5-14)11-15-10(16-18-11)6-2-7(12)4-8(13)3-6/h2-4,9H,5,14H2,1H3. The summed E-state index contributed by atoms with van der Waals surface area (Å²) in [7, 11) is 1.45. The summed E-state index contributed by atoms with van der Waals surface area (Å²) in [6.45, 7) is 0.162. The van der Waals surface area contributed by atoms with Crippen LogP contribution in [0.4, 0.5) is 8.78 Å². The summed E-state index contributed by atoms with van der Waals surface area (Å²) in [5.41, 5.74) is 5.63. The van der Waals surface area contributed by atoms with Gasteiger partial charge in [-0.05, 0) is 12.1 Å². The molecule has 0 bridgehead atoms. The van der Waals surface area contributed by atoms with Crippen molar-refractivity contribution in [2.45, 2.75) is 6.10 Å². The van der Waals surface area contributed by atoms with E-state index in [1.54, 1.807) is 0 Å². The zero-order valence-electron chi connectivity index (χ0n) is 9.56. The summed E-state index contributed by atoms with van der Waals surface area (Å²) in [5, 5.41) is 3.63. The van der Waals surface area contributed by atoms with E-state index in [2.05, 4.69) is 10.1 Å². The van der Waals surface area contributed by atoms with E-state index in [1.807, 2.05) is 0 Å². The summed E-state index contributed by atoms with van der Waals surface area (Å²) < 4.78 is 36.0. The third-order valence-electron chi connectivity index (χ3n) is 2.34. The van der Waals surface area contributed by atoms with Crippen LogP contribution in [0.15, 0.2) is 22.7 Å². The largest absolute Gasteiger partial charge is 0.370 e. The molecule has 1 aromatic carbocycles. The number of nitrogens with two attached hydrogens (primary N) is 1. The molecule has 0 fully saturated rings. The van der Waals surface area contributed by atoms with E-state index in [-0.39, 0.29) is 23.8 Å². The molecular weight excluding hydrogens is 244 g/mol. The topological polar surface area (TPSA) is 74.2 Å². The first-order chi connectivity index (χ1) is 8.63. The molecule has 5 nitrogen and oxygen atoms in total. The van der Waals surface area contributed by atoms with E-state index in [4.69, 9.17) is 15.0 Å². The fourth-order valence-electron chi connectivity index (χ4n) is 1.46. The van der Waals surface area contributed by atoms with Crippen molar-refractivity contribution in [2.24, 2.45) is 5.73 Å². The van der Waals surface area contributed by atoms with E-state index in [0.29, 0.717) is 0 Å². The molecule has 0 aliphatic heterocycles.